The summed E-state index contributed by atoms with van der Waals surface area (Å²) in [5.74, 6) is 2.47. The van der Waals surface area contributed by atoms with Crippen molar-refractivity contribution < 1.29 is 67.1 Å². The van der Waals surface area contributed by atoms with Crippen molar-refractivity contribution in [2.75, 3.05) is 34.4 Å². The van der Waals surface area contributed by atoms with Crippen LogP contribution in [0.4, 0.5) is 24.0 Å². The number of aromatic nitrogens is 8. The van der Waals surface area contributed by atoms with E-state index >= 15 is 0 Å². The molecular formula is C89H99N15O14S2. The largest absolute Gasteiger partial charge is 0.480 e. The van der Waals surface area contributed by atoms with Crippen molar-refractivity contribution in [1.82, 2.24) is 75.4 Å². The Morgan fingerprint density at radius 3 is 1.28 bits per heavy atom. The normalized spacial score (nSPS) is 20.7. The molecule has 11 atom stereocenters. The molecule has 12 aromatic rings. The summed E-state index contributed by atoms with van der Waals surface area (Å²) in [7, 11) is 3.74. The number of imidazole rings is 4. The third kappa shape index (κ3) is 16.5. The zero-order chi connectivity index (χ0) is 84.5. The fourth-order valence-corrected chi connectivity index (χ4v) is 20.5. The van der Waals surface area contributed by atoms with Crippen LogP contribution in [0.3, 0.4) is 0 Å². The van der Waals surface area contributed by atoms with Crippen molar-refractivity contribution in [1.29, 1.82) is 0 Å². The van der Waals surface area contributed by atoms with Crippen LogP contribution in [0.25, 0.3) is 107 Å². The van der Waals surface area contributed by atoms with Crippen LogP contribution >= 0.6 is 22.7 Å². The number of thiophene rings is 2. The molecule has 2 saturated carbocycles. The summed E-state index contributed by atoms with van der Waals surface area (Å²) in [4.78, 5) is 138. The topological polar surface area (TPSA) is 367 Å². The molecule has 6 fully saturated rings. The van der Waals surface area contributed by atoms with E-state index in [1.807, 2.05) is 69.8 Å². The van der Waals surface area contributed by atoms with Crippen LogP contribution in [0.15, 0.2) is 122 Å². The average Bonchev–Trinajstić information content (AvgIpc) is 1.59. The minimum absolute atomic E-state index is 0.0952. The molecule has 10 heterocycles. The number of rotatable bonds is 14. The molecule has 6 aromatic heterocycles. The maximum Gasteiger partial charge on any atom is 0.411 e. The molecule has 626 valence electrons. The number of carbonyl (C=O) groups is 8. The predicted molar refractivity (Wildman–Crippen MR) is 458 cm³/mol. The Labute approximate surface area is 700 Å². The number of hydrogen-bond acceptors (Lipinski definition) is 19. The first-order chi connectivity index (χ1) is 57.4. The highest BCUT2D eigenvalue weighted by Crippen LogP contribution is 2.53. The number of benzene rings is 6. The van der Waals surface area contributed by atoms with Crippen molar-refractivity contribution in [2.24, 2.45) is 11.8 Å². The minimum atomic E-state index is -1.09. The lowest BCUT2D eigenvalue weighted by Gasteiger charge is -2.35. The molecule has 29 nitrogen and oxygen atoms in total. The Morgan fingerprint density at radius 1 is 0.450 bits per heavy atom. The number of aliphatic carboxylic acids is 1. The number of aromatic amines is 4. The van der Waals surface area contributed by atoms with Crippen LogP contribution in [0.1, 0.15) is 174 Å². The molecular weight excluding hydrogens is 1570 g/mol. The second kappa shape index (κ2) is 32.9. The van der Waals surface area contributed by atoms with Crippen molar-refractivity contribution in [2.45, 2.75) is 192 Å². The molecule has 120 heavy (non-hydrogen) atoms. The zero-order valence-corrected chi connectivity index (χ0v) is 70.7. The maximum absolute atomic E-state index is 13.6. The number of fused-ring (bicyclic) bond motifs is 12. The Morgan fingerprint density at radius 2 is 0.833 bits per heavy atom. The number of alkyl carbamates (subject to hydrolysis) is 3. The van der Waals surface area contributed by atoms with Gasteiger partial charge in [0.25, 0.3) is 0 Å². The number of ether oxygens (including phenoxy) is 5. The van der Waals surface area contributed by atoms with Gasteiger partial charge in [-0.15, -0.1) is 22.7 Å². The number of H-pyrrole nitrogens is 4. The number of carbonyl (C=O) groups excluding carboxylic acids is 7. The molecule has 31 heteroatoms. The summed E-state index contributed by atoms with van der Waals surface area (Å²) >= 11 is 3.53. The van der Waals surface area contributed by atoms with E-state index < -0.39 is 53.6 Å². The van der Waals surface area contributed by atoms with Gasteiger partial charge in [0.1, 0.15) is 52.6 Å². The van der Waals surface area contributed by atoms with Crippen LogP contribution in [0.5, 0.6) is 0 Å². The van der Waals surface area contributed by atoms with E-state index in [-0.39, 0.29) is 60.3 Å². The number of carboxylic acids is 1. The minimum Gasteiger partial charge on any atom is -0.480 e. The van der Waals surface area contributed by atoms with E-state index in [0.717, 1.165) is 159 Å². The fourth-order valence-electron chi connectivity index (χ4n) is 18.1. The van der Waals surface area contributed by atoms with Gasteiger partial charge in [-0.25, -0.2) is 43.9 Å². The summed E-state index contributed by atoms with van der Waals surface area (Å²) in [5, 5.41) is 20.4. The number of likely N-dealkylation sites (tertiary alicyclic amines) is 4. The lowest BCUT2D eigenvalue weighted by atomic mass is 9.97. The Kier molecular flexibility index (Phi) is 22.4. The van der Waals surface area contributed by atoms with Gasteiger partial charge in [0.15, 0.2) is 0 Å². The van der Waals surface area contributed by atoms with Gasteiger partial charge in [-0.3, -0.25) is 24.2 Å². The summed E-state index contributed by atoms with van der Waals surface area (Å²) in [6.07, 6.45) is 10.6. The first-order valence-electron chi connectivity index (χ1n) is 40.9. The Hall–Kier alpha value is -12.1. The quantitative estimate of drug-likeness (QED) is 0.0469. The van der Waals surface area contributed by atoms with E-state index in [2.05, 4.69) is 148 Å². The lowest BCUT2D eigenvalue weighted by molar-refractivity contribution is -0.139. The lowest BCUT2D eigenvalue weighted by Crippen LogP contribution is -2.50. The van der Waals surface area contributed by atoms with Crippen LogP contribution in [0.2, 0.25) is 0 Å². The van der Waals surface area contributed by atoms with Crippen LogP contribution in [-0.2, 0) is 38.1 Å². The predicted octanol–water partition coefficient (Wildman–Crippen LogP) is 17.5. The summed E-state index contributed by atoms with van der Waals surface area (Å²) < 4.78 is 29.8. The molecule has 2 aliphatic carbocycles. The summed E-state index contributed by atoms with van der Waals surface area (Å²) in [5.41, 5.74) is 10.8. The molecule has 4 bridgehead atoms. The average molecular weight is 1670 g/mol. The second-order valence-electron chi connectivity index (χ2n) is 34.0. The first-order valence-corrected chi connectivity index (χ1v) is 42.5. The third-order valence-corrected chi connectivity index (χ3v) is 26.0. The number of piperidine rings is 2. The zero-order valence-electron chi connectivity index (χ0n) is 69.0. The van der Waals surface area contributed by atoms with Gasteiger partial charge in [-0.05, 0) is 209 Å². The highest BCUT2D eigenvalue weighted by atomic mass is 32.1. The maximum atomic E-state index is 13.6. The molecule has 6 aliphatic rings. The molecule has 0 radical (unpaired) electrons. The molecule has 4 saturated heterocycles. The molecule has 18 rings (SSSR count). The van der Waals surface area contributed by atoms with Gasteiger partial charge in [0.05, 0.1) is 91.3 Å². The Balaban J connectivity index is 0.000000161. The SMILES string of the molecule is CC(C)(C)OC(=O)N1CCC[C@H]1c1ncc(-c2ccc3c(c2)sc2cc(-c4ccc5nc([C@@H]6[C@H]7CC[C@H](C7)N6C(=O)OC(C)(C)C)[nH]c5c4)ccc23)[nH]1.COC(=O)N[C@@H](C)C(=O)N1CCC[C@H]1c1ncc(-c2ccc3c(c2)sc2cc(-c4ccc5nc([C@@H]6[C@H]7CC[C@H](C7)N6C(=O)[C@H](C)NC(=O)OC)[nH]c5c4)ccc23)[nH]1.COC(=O)N[C@@H](C)C(=O)O. The monoisotopic (exact) mass is 1670 g/mol. The van der Waals surface area contributed by atoms with Gasteiger partial charge in [0, 0.05) is 76.6 Å². The van der Waals surface area contributed by atoms with Gasteiger partial charge >= 0.3 is 36.4 Å². The van der Waals surface area contributed by atoms with Crippen LogP contribution in [0, 0.1) is 11.8 Å². The standard InChI is InChI=1S/C42H44N8O6S.C42H46N6O4S.C5H9NO4/c1-21(44-41(53)55-3)39(51)49-15-5-6-33(49)37-43-20-32(48-37)25-9-13-29-28-12-8-24(18-34(28)57-35(29)19-25)23-10-14-30-31(17-23)47-38(46-30)36-26-7-11-27(16-26)50(36)40(52)22(2)45-42(54)56-4;1-41(2,3)51-39(49)47-17-7-8-33(47)37-43-22-32(46-37)25-11-15-29-28-14-10-24(20-34(28)53-35(29)21-25)23-12-16-30-31(19-23)45-38(44-30)36-26-9-13-27(18-26)48(36)40(50)52-42(4,5)6;1-3(4(7)8)6-5(9)10-2/h8-10,12-14,17-22,26-27,33,36H,5-7,11,15-16H2,1-4H3,(H,43,48)(H,44,53)(H,45,54)(H,46,47);10-12,14-16,19-22,26-27,33,36H,7-9,13,17-18H2,1-6H3,(H,43,46)(H,44,45);3H,1-2H3,(H,6,9)(H,7,8)/t21-,22-,26-,27+,33-,36-;26-,27+,33-,36-;3-/m000/s1. The molecule has 8 N–H and O–H groups in total. The first kappa shape index (κ1) is 81.6. The molecule has 0 unspecified atom stereocenters. The van der Waals surface area contributed by atoms with Gasteiger partial charge in [-0.2, -0.15) is 0 Å². The van der Waals surface area contributed by atoms with Gasteiger partial charge < -0.3 is 74.5 Å². The number of nitrogens with zero attached hydrogens (tertiary/aromatic N) is 8. The van der Waals surface area contributed by atoms with Gasteiger partial charge in [-0.1, -0.05) is 60.7 Å². The highest BCUT2D eigenvalue weighted by molar-refractivity contribution is 7.26. The van der Waals surface area contributed by atoms with E-state index in [1.165, 1.54) is 63.9 Å². The molecule has 6 aromatic carbocycles. The smallest absolute Gasteiger partial charge is 0.411 e. The second-order valence-corrected chi connectivity index (χ2v) is 36.2. The number of nitrogens with one attached hydrogen (secondary N) is 7. The third-order valence-electron chi connectivity index (χ3n) is 23.7. The van der Waals surface area contributed by atoms with E-state index in [1.54, 1.807) is 46.3 Å². The molecule has 4 aliphatic heterocycles. The van der Waals surface area contributed by atoms with Crippen LogP contribution < -0.4 is 16.0 Å². The van der Waals surface area contributed by atoms with Crippen molar-refractivity contribution in [3.8, 4) is 44.8 Å². The van der Waals surface area contributed by atoms with Gasteiger partial charge in [0.2, 0.25) is 11.8 Å². The van der Waals surface area contributed by atoms with Crippen molar-refractivity contribution in [3.05, 3.63) is 145 Å². The van der Waals surface area contributed by atoms with Crippen molar-refractivity contribution >= 4 is 133 Å². The number of methoxy groups -OCH3 is 3. The number of amides is 7. The number of hydrogen-bond donors (Lipinski definition) is 8. The Bertz CT molecular complexity index is 5990. The van der Waals surface area contributed by atoms with Crippen LogP contribution in [-0.4, -0.2) is 189 Å². The molecule has 0 spiro atoms. The van der Waals surface area contributed by atoms with E-state index in [4.69, 9.17) is 39.3 Å². The van der Waals surface area contributed by atoms with E-state index in [0.29, 0.717) is 24.9 Å². The number of carboxylic acid groups (broad SMARTS) is 1. The fraction of sp³-hybridized carbons (Fsp3) is 0.416. The highest BCUT2D eigenvalue weighted by Gasteiger charge is 2.53. The van der Waals surface area contributed by atoms with Crippen molar-refractivity contribution in [3.63, 3.8) is 0 Å². The summed E-state index contributed by atoms with van der Waals surface area (Å²) in [6.45, 7) is 17.4. The van der Waals surface area contributed by atoms with E-state index in [9.17, 15) is 38.4 Å². The summed E-state index contributed by atoms with van der Waals surface area (Å²) in [6, 6.07) is 36.4. The molecule has 7 amide bonds.